The highest BCUT2D eigenvalue weighted by Crippen LogP contribution is 2.22. The van der Waals surface area contributed by atoms with Crippen LogP contribution in [0.5, 0.6) is 0 Å². The van der Waals surface area contributed by atoms with Crippen LogP contribution in [0.4, 0.5) is 0 Å². The summed E-state index contributed by atoms with van der Waals surface area (Å²) < 4.78 is 10.5. The van der Waals surface area contributed by atoms with Crippen molar-refractivity contribution >= 4 is 0 Å². The van der Waals surface area contributed by atoms with E-state index in [0.29, 0.717) is 13.2 Å². The fourth-order valence-electron chi connectivity index (χ4n) is 2.12. The van der Waals surface area contributed by atoms with Gasteiger partial charge in [-0.25, -0.2) is 0 Å². The van der Waals surface area contributed by atoms with E-state index in [2.05, 4.69) is 37.9 Å². The molecule has 0 amide bonds. The van der Waals surface area contributed by atoms with E-state index in [1.807, 2.05) is 0 Å². The fourth-order valence-corrected chi connectivity index (χ4v) is 2.12. The van der Waals surface area contributed by atoms with Crippen LogP contribution in [0.2, 0.25) is 0 Å². The zero-order chi connectivity index (χ0) is 12.9. The molecule has 0 unspecified atom stereocenters. The number of rotatable bonds is 6. The van der Waals surface area contributed by atoms with E-state index in [1.54, 1.807) is 7.11 Å². The smallest absolute Gasteiger partial charge is 0.0700 e. The molecule has 0 aromatic rings. The Balaban J connectivity index is 2.33. The van der Waals surface area contributed by atoms with Crippen LogP contribution in [-0.4, -0.2) is 62.5 Å². The van der Waals surface area contributed by atoms with Crippen LogP contribution < -0.4 is 5.32 Å². The van der Waals surface area contributed by atoms with Crippen molar-refractivity contribution in [3.63, 3.8) is 0 Å². The number of hydrogen-bond acceptors (Lipinski definition) is 4. The lowest BCUT2D eigenvalue weighted by Crippen LogP contribution is -2.66. The normalized spacial score (nSPS) is 23.8. The second-order valence-corrected chi connectivity index (χ2v) is 6.08. The summed E-state index contributed by atoms with van der Waals surface area (Å²) in [5, 5.41) is 3.59. The molecule has 1 saturated heterocycles. The van der Waals surface area contributed by atoms with Crippen LogP contribution in [-0.2, 0) is 9.47 Å². The van der Waals surface area contributed by atoms with Crippen molar-refractivity contribution in [3.05, 3.63) is 0 Å². The lowest BCUT2D eigenvalue weighted by Gasteiger charge is -2.49. The first-order chi connectivity index (χ1) is 7.87. The van der Waals surface area contributed by atoms with Crippen molar-refractivity contribution in [2.75, 3.05) is 46.6 Å². The topological polar surface area (TPSA) is 33.7 Å². The molecular formula is C13H28N2O2. The molecule has 1 N–H and O–H groups in total. The minimum atomic E-state index is 0.196. The van der Waals surface area contributed by atoms with E-state index in [1.165, 1.54) is 0 Å². The van der Waals surface area contributed by atoms with Gasteiger partial charge in [-0.2, -0.15) is 0 Å². The van der Waals surface area contributed by atoms with E-state index >= 15 is 0 Å². The average molecular weight is 244 g/mol. The summed E-state index contributed by atoms with van der Waals surface area (Å²) in [4.78, 5) is 2.51. The second-order valence-electron chi connectivity index (χ2n) is 6.08. The molecule has 1 rings (SSSR count). The van der Waals surface area contributed by atoms with Gasteiger partial charge < -0.3 is 14.8 Å². The molecule has 0 aliphatic carbocycles. The van der Waals surface area contributed by atoms with Gasteiger partial charge in [0.15, 0.2) is 0 Å². The summed E-state index contributed by atoms with van der Waals surface area (Å²) >= 11 is 0. The van der Waals surface area contributed by atoms with Crippen LogP contribution in [0.25, 0.3) is 0 Å². The maximum Gasteiger partial charge on any atom is 0.0700 e. The molecule has 0 aromatic heterocycles. The summed E-state index contributed by atoms with van der Waals surface area (Å²) in [6.45, 7) is 14.3. The number of piperazine rings is 1. The molecule has 0 radical (unpaired) electrons. The quantitative estimate of drug-likeness (QED) is 0.710. The maximum atomic E-state index is 5.55. The fraction of sp³-hybridized carbons (Fsp3) is 1.00. The first-order valence-corrected chi connectivity index (χ1v) is 6.44. The molecule has 4 nitrogen and oxygen atoms in total. The molecule has 17 heavy (non-hydrogen) atoms. The van der Waals surface area contributed by atoms with Gasteiger partial charge in [-0.15, -0.1) is 0 Å². The highest BCUT2D eigenvalue weighted by atomic mass is 16.5. The van der Waals surface area contributed by atoms with Gasteiger partial charge in [0, 0.05) is 37.8 Å². The van der Waals surface area contributed by atoms with E-state index in [4.69, 9.17) is 9.47 Å². The molecule has 1 aliphatic rings. The Kier molecular flexibility index (Phi) is 5.38. The predicted molar refractivity (Wildman–Crippen MR) is 70.4 cm³/mol. The summed E-state index contributed by atoms with van der Waals surface area (Å²) in [5.74, 6) is 0. The monoisotopic (exact) mass is 244 g/mol. The number of ether oxygens (including phenoxy) is 2. The third-order valence-corrected chi connectivity index (χ3v) is 3.38. The van der Waals surface area contributed by atoms with E-state index in [-0.39, 0.29) is 11.1 Å². The number of nitrogens with zero attached hydrogens (tertiary/aromatic N) is 1. The molecule has 1 fully saturated rings. The molecule has 1 aliphatic heterocycles. The molecule has 0 saturated carbocycles. The highest BCUT2D eigenvalue weighted by Gasteiger charge is 2.36. The highest BCUT2D eigenvalue weighted by molar-refractivity contribution is 4.97. The summed E-state index contributed by atoms with van der Waals surface area (Å²) in [6.07, 6.45) is 0. The van der Waals surface area contributed by atoms with Crippen molar-refractivity contribution < 1.29 is 9.47 Å². The number of hydrogen-bond donors (Lipinski definition) is 1. The lowest BCUT2D eigenvalue weighted by atomic mass is 9.91. The molecule has 4 heteroatoms. The number of methoxy groups -OCH3 is 1. The third-order valence-electron chi connectivity index (χ3n) is 3.38. The standard InChI is InChI=1S/C13H28N2O2/c1-12(2)11-15(13(3,4)10-14-12)6-7-17-9-8-16-5/h14H,6-11H2,1-5H3. The average Bonchev–Trinajstić information content (AvgIpc) is 2.23. The van der Waals surface area contributed by atoms with Crippen LogP contribution in [0.3, 0.4) is 0 Å². The molecule has 0 aromatic carbocycles. The Morgan fingerprint density at radius 3 is 2.47 bits per heavy atom. The summed E-state index contributed by atoms with van der Waals surface area (Å²) in [6, 6.07) is 0. The van der Waals surface area contributed by atoms with Crippen molar-refractivity contribution in [1.29, 1.82) is 0 Å². The van der Waals surface area contributed by atoms with Crippen LogP contribution in [0.1, 0.15) is 27.7 Å². The van der Waals surface area contributed by atoms with E-state index in [0.717, 1.165) is 26.2 Å². The predicted octanol–water partition coefficient (Wildman–Crippen LogP) is 1.11. The third kappa shape index (κ3) is 4.92. The molecule has 1 heterocycles. The Labute approximate surface area is 106 Å². The van der Waals surface area contributed by atoms with Crippen molar-refractivity contribution in [2.24, 2.45) is 0 Å². The Morgan fingerprint density at radius 2 is 1.82 bits per heavy atom. The van der Waals surface area contributed by atoms with E-state index < -0.39 is 0 Å². The van der Waals surface area contributed by atoms with Crippen LogP contribution in [0, 0.1) is 0 Å². The van der Waals surface area contributed by atoms with Crippen LogP contribution in [0.15, 0.2) is 0 Å². The Bertz CT molecular complexity index is 229. The minimum absolute atomic E-state index is 0.196. The van der Waals surface area contributed by atoms with Gasteiger partial charge >= 0.3 is 0 Å². The van der Waals surface area contributed by atoms with Crippen molar-refractivity contribution in [2.45, 2.75) is 38.8 Å². The van der Waals surface area contributed by atoms with Gasteiger partial charge in [0.2, 0.25) is 0 Å². The van der Waals surface area contributed by atoms with Gasteiger partial charge in [-0.05, 0) is 27.7 Å². The second kappa shape index (κ2) is 6.14. The Morgan fingerprint density at radius 1 is 1.12 bits per heavy atom. The van der Waals surface area contributed by atoms with Gasteiger partial charge in [0.1, 0.15) is 0 Å². The van der Waals surface area contributed by atoms with Gasteiger partial charge in [-0.1, -0.05) is 0 Å². The molecule has 0 spiro atoms. The van der Waals surface area contributed by atoms with Gasteiger partial charge in [0.25, 0.3) is 0 Å². The first-order valence-electron chi connectivity index (χ1n) is 6.44. The first kappa shape index (κ1) is 14.9. The summed E-state index contributed by atoms with van der Waals surface area (Å²) in [5.41, 5.74) is 0.405. The Hall–Kier alpha value is -0.160. The zero-order valence-electron chi connectivity index (χ0n) is 12.0. The minimum Gasteiger partial charge on any atom is -0.382 e. The lowest BCUT2D eigenvalue weighted by molar-refractivity contribution is 0.00208. The molecule has 102 valence electrons. The SMILES string of the molecule is COCCOCCN1CC(C)(C)NCC1(C)C. The van der Waals surface area contributed by atoms with Gasteiger partial charge in [-0.3, -0.25) is 4.90 Å². The maximum absolute atomic E-state index is 5.55. The van der Waals surface area contributed by atoms with Crippen molar-refractivity contribution in [1.82, 2.24) is 10.2 Å². The molecule has 0 bridgehead atoms. The van der Waals surface area contributed by atoms with Gasteiger partial charge in [0.05, 0.1) is 19.8 Å². The zero-order valence-corrected chi connectivity index (χ0v) is 12.0. The summed E-state index contributed by atoms with van der Waals surface area (Å²) in [7, 11) is 1.70. The van der Waals surface area contributed by atoms with Crippen LogP contribution >= 0.6 is 0 Å². The molecule has 0 atom stereocenters. The van der Waals surface area contributed by atoms with Crippen molar-refractivity contribution in [3.8, 4) is 0 Å². The molecular weight excluding hydrogens is 216 g/mol. The number of nitrogens with one attached hydrogen (secondary N) is 1. The van der Waals surface area contributed by atoms with E-state index in [9.17, 15) is 0 Å². The largest absolute Gasteiger partial charge is 0.382 e.